The molecule has 3 aliphatic carbocycles. The molecule has 0 bridgehead atoms. The Labute approximate surface area is 206 Å². The second-order valence-electron chi connectivity index (χ2n) is 14.1. The van der Waals surface area contributed by atoms with Crippen molar-refractivity contribution < 1.29 is 13.3 Å². The van der Waals surface area contributed by atoms with E-state index in [4.69, 9.17) is 13.3 Å². The summed E-state index contributed by atoms with van der Waals surface area (Å²) in [7, 11) is -4.96. The first kappa shape index (κ1) is 25.7. The van der Waals surface area contributed by atoms with Gasteiger partial charge < -0.3 is 13.3 Å². The van der Waals surface area contributed by atoms with Crippen LogP contribution in [0.15, 0.2) is 18.2 Å². The van der Waals surface area contributed by atoms with Gasteiger partial charge in [0.05, 0.1) is 11.7 Å². The van der Waals surface area contributed by atoms with Crippen LogP contribution in [-0.4, -0.2) is 36.7 Å². The van der Waals surface area contributed by atoms with Crippen LogP contribution in [0.3, 0.4) is 0 Å². The number of hydrogen-bond acceptors (Lipinski definition) is 3. The molecule has 4 rings (SSSR count). The Hall–Kier alpha value is -0.409. The van der Waals surface area contributed by atoms with E-state index in [-0.39, 0.29) is 11.0 Å². The Balaban J connectivity index is 1.71. The molecule has 0 radical (unpaired) electrons. The molecule has 0 aliphatic heterocycles. The highest BCUT2D eigenvalue weighted by Gasteiger charge is 2.66. The van der Waals surface area contributed by atoms with Crippen LogP contribution >= 0.6 is 0 Å². The fourth-order valence-corrected chi connectivity index (χ4v) is 10.9. The van der Waals surface area contributed by atoms with Crippen molar-refractivity contribution in [2.24, 2.45) is 11.3 Å². The van der Waals surface area contributed by atoms with Crippen LogP contribution in [0.4, 0.5) is 0 Å². The predicted molar refractivity (Wildman–Crippen MR) is 147 cm³/mol. The van der Waals surface area contributed by atoms with E-state index in [0.717, 1.165) is 25.0 Å². The molecule has 2 fully saturated rings. The van der Waals surface area contributed by atoms with Gasteiger partial charge in [-0.1, -0.05) is 13.0 Å². The highest BCUT2D eigenvalue weighted by atomic mass is 28.4. The summed E-state index contributed by atoms with van der Waals surface area (Å²) < 4.78 is 20.6. The van der Waals surface area contributed by atoms with Crippen molar-refractivity contribution in [3.05, 3.63) is 29.3 Å². The third-order valence-electron chi connectivity index (χ3n) is 8.16. The van der Waals surface area contributed by atoms with Crippen LogP contribution in [0.5, 0.6) is 5.75 Å². The van der Waals surface area contributed by atoms with Gasteiger partial charge in [-0.25, -0.2) is 0 Å². The molecule has 0 amide bonds. The molecule has 3 nitrogen and oxygen atoms in total. The standard InChI is InChI=1S/C27H48O3Si3/c1-26-17-15-23-22-13-12-21(28-31(2,3)4)19-20(22)11-14-24(23)27(26,30-33(8,9)10)18-16-25(26)29-32(5,6)7/h12-13,19,23-25H,11,14-18H2,1-10H3. The average molecular weight is 505 g/mol. The fraction of sp³-hybridized carbons (Fsp3) is 0.778. The Kier molecular flexibility index (Phi) is 6.48. The first-order valence-electron chi connectivity index (χ1n) is 13.2. The van der Waals surface area contributed by atoms with Crippen molar-refractivity contribution in [2.75, 3.05) is 0 Å². The summed E-state index contributed by atoms with van der Waals surface area (Å²) in [4.78, 5) is 0. The van der Waals surface area contributed by atoms with Crippen molar-refractivity contribution in [2.45, 2.75) is 122 Å². The molecule has 186 valence electrons. The van der Waals surface area contributed by atoms with E-state index in [1.165, 1.54) is 24.8 Å². The molecule has 1 aromatic carbocycles. The summed E-state index contributed by atoms with van der Waals surface area (Å²) in [6.45, 7) is 23.5. The van der Waals surface area contributed by atoms with Gasteiger partial charge in [-0.2, -0.15) is 0 Å². The van der Waals surface area contributed by atoms with Crippen molar-refractivity contribution >= 4 is 25.0 Å². The molecule has 2 saturated carbocycles. The zero-order valence-electron chi connectivity index (χ0n) is 22.9. The zero-order valence-corrected chi connectivity index (χ0v) is 25.9. The minimum absolute atomic E-state index is 0.0457. The lowest BCUT2D eigenvalue weighted by atomic mass is 9.53. The van der Waals surface area contributed by atoms with Crippen LogP contribution in [0.25, 0.3) is 0 Å². The summed E-state index contributed by atoms with van der Waals surface area (Å²) in [5.74, 6) is 2.27. The maximum Gasteiger partial charge on any atom is 0.242 e. The molecule has 33 heavy (non-hydrogen) atoms. The zero-order chi connectivity index (χ0) is 24.4. The summed E-state index contributed by atoms with van der Waals surface area (Å²) >= 11 is 0. The second kappa shape index (κ2) is 8.32. The smallest absolute Gasteiger partial charge is 0.242 e. The van der Waals surface area contributed by atoms with Gasteiger partial charge in [-0.15, -0.1) is 0 Å². The average Bonchev–Trinajstić information content (AvgIpc) is 2.89. The van der Waals surface area contributed by atoms with Gasteiger partial charge >= 0.3 is 0 Å². The van der Waals surface area contributed by atoms with E-state index in [2.05, 4.69) is 84.0 Å². The Morgan fingerprint density at radius 1 is 0.818 bits per heavy atom. The molecule has 6 heteroatoms. The van der Waals surface area contributed by atoms with Crippen molar-refractivity contribution in [3.63, 3.8) is 0 Å². The van der Waals surface area contributed by atoms with E-state index < -0.39 is 25.0 Å². The van der Waals surface area contributed by atoms with E-state index in [9.17, 15) is 0 Å². The van der Waals surface area contributed by atoms with Gasteiger partial charge in [0.2, 0.25) is 8.32 Å². The van der Waals surface area contributed by atoms with Crippen LogP contribution in [0.1, 0.15) is 56.1 Å². The number of fused-ring (bicyclic) bond motifs is 5. The Morgan fingerprint density at radius 3 is 2.12 bits per heavy atom. The summed E-state index contributed by atoms with van der Waals surface area (Å²) in [5.41, 5.74) is 3.17. The molecule has 5 unspecified atom stereocenters. The van der Waals surface area contributed by atoms with Crippen molar-refractivity contribution in [1.29, 1.82) is 0 Å². The molecule has 0 spiro atoms. The van der Waals surface area contributed by atoms with Gasteiger partial charge in [-0.05, 0) is 133 Å². The number of rotatable bonds is 6. The fourth-order valence-electron chi connectivity index (χ4n) is 7.29. The van der Waals surface area contributed by atoms with Crippen molar-refractivity contribution in [1.82, 2.24) is 0 Å². The molecular weight excluding hydrogens is 457 g/mol. The lowest BCUT2D eigenvalue weighted by Gasteiger charge is -2.60. The van der Waals surface area contributed by atoms with Gasteiger partial charge in [0.15, 0.2) is 16.6 Å². The summed E-state index contributed by atoms with van der Waals surface area (Å²) in [5, 5.41) is 0. The van der Waals surface area contributed by atoms with E-state index in [0.29, 0.717) is 17.9 Å². The second-order valence-corrected chi connectivity index (χ2v) is 27.5. The van der Waals surface area contributed by atoms with Gasteiger partial charge in [0.25, 0.3) is 0 Å². The van der Waals surface area contributed by atoms with Crippen LogP contribution in [-0.2, 0) is 15.3 Å². The number of aryl methyl sites for hydroxylation is 1. The lowest BCUT2D eigenvalue weighted by Crippen LogP contribution is -2.62. The third kappa shape index (κ3) is 4.97. The largest absolute Gasteiger partial charge is 0.544 e. The summed E-state index contributed by atoms with van der Waals surface area (Å²) in [6.07, 6.45) is 7.50. The monoisotopic (exact) mass is 504 g/mol. The molecule has 3 aliphatic rings. The Morgan fingerprint density at radius 2 is 1.52 bits per heavy atom. The van der Waals surface area contributed by atoms with E-state index in [1.807, 2.05) is 0 Å². The molecular formula is C27H48O3Si3. The maximum atomic E-state index is 7.37. The normalized spacial score (nSPS) is 34.4. The van der Waals surface area contributed by atoms with E-state index in [1.54, 1.807) is 5.56 Å². The summed E-state index contributed by atoms with van der Waals surface area (Å²) in [6, 6.07) is 7.00. The molecule has 0 heterocycles. The molecule has 1 aromatic rings. The SMILES string of the molecule is CC12CCC3c4ccc(O[Si](C)(C)C)cc4CCC3C1(O[Si](C)(C)C)CCC2O[Si](C)(C)C. The molecule has 5 atom stereocenters. The Bertz CT molecular complexity index is 882. The first-order valence-corrected chi connectivity index (χ1v) is 23.5. The molecule has 0 aromatic heterocycles. The van der Waals surface area contributed by atoms with E-state index >= 15 is 0 Å². The van der Waals surface area contributed by atoms with Crippen molar-refractivity contribution in [3.8, 4) is 5.75 Å². The maximum absolute atomic E-state index is 7.37. The third-order valence-corrected chi connectivity index (χ3v) is 11.0. The van der Waals surface area contributed by atoms with Crippen LogP contribution < -0.4 is 4.43 Å². The van der Waals surface area contributed by atoms with Crippen LogP contribution in [0, 0.1) is 11.3 Å². The highest BCUT2D eigenvalue weighted by molar-refractivity contribution is 6.70. The highest BCUT2D eigenvalue weighted by Crippen LogP contribution is 2.66. The lowest BCUT2D eigenvalue weighted by molar-refractivity contribution is -0.147. The number of benzene rings is 1. The first-order chi connectivity index (χ1) is 15.0. The van der Waals surface area contributed by atoms with Gasteiger partial charge in [-0.3, -0.25) is 0 Å². The topological polar surface area (TPSA) is 27.7 Å². The minimum Gasteiger partial charge on any atom is -0.544 e. The quantitative estimate of drug-likeness (QED) is 0.368. The predicted octanol–water partition coefficient (Wildman–Crippen LogP) is 7.95. The minimum atomic E-state index is -1.74. The van der Waals surface area contributed by atoms with Gasteiger partial charge in [0, 0.05) is 5.41 Å². The molecule has 0 N–H and O–H groups in total. The van der Waals surface area contributed by atoms with Crippen LogP contribution in [0.2, 0.25) is 58.9 Å². The number of hydrogen-bond donors (Lipinski definition) is 0. The molecule has 0 saturated heterocycles. The van der Waals surface area contributed by atoms with Gasteiger partial charge in [0.1, 0.15) is 5.75 Å².